The van der Waals surface area contributed by atoms with Gasteiger partial charge < -0.3 is 4.74 Å². The second-order valence-electron chi connectivity index (χ2n) is 4.69. The third-order valence-corrected chi connectivity index (χ3v) is 3.23. The lowest BCUT2D eigenvalue weighted by Crippen LogP contribution is -2.07. The van der Waals surface area contributed by atoms with Gasteiger partial charge in [-0.15, -0.1) is 5.10 Å². The summed E-state index contributed by atoms with van der Waals surface area (Å²) in [6.07, 6.45) is -3.15. The van der Waals surface area contributed by atoms with Crippen LogP contribution in [0.5, 0.6) is 0 Å². The van der Waals surface area contributed by atoms with Gasteiger partial charge in [0.25, 0.3) is 0 Å². The Morgan fingerprint density at radius 3 is 2.61 bits per heavy atom. The van der Waals surface area contributed by atoms with E-state index in [9.17, 15) is 18.0 Å². The van der Waals surface area contributed by atoms with E-state index in [1.807, 2.05) is 0 Å². The van der Waals surface area contributed by atoms with Crippen LogP contribution in [0.25, 0.3) is 17.0 Å². The van der Waals surface area contributed by atoms with Gasteiger partial charge in [0.1, 0.15) is 0 Å². The summed E-state index contributed by atoms with van der Waals surface area (Å²) in [6.45, 7) is 0. The first-order valence-corrected chi connectivity index (χ1v) is 6.51. The number of halogens is 3. The Labute approximate surface area is 128 Å². The van der Waals surface area contributed by atoms with Crippen molar-refractivity contribution < 1.29 is 22.7 Å². The van der Waals surface area contributed by atoms with Gasteiger partial charge in [0.15, 0.2) is 11.5 Å². The van der Waals surface area contributed by atoms with E-state index < -0.39 is 17.7 Å². The number of nitrogens with zero attached hydrogens (tertiary/aromatic N) is 3. The van der Waals surface area contributed by atoms with Gasteiger partial charge in [-0.25, -0.2) is 14.3 Å². The molecule has 2 heterocycles. The van der Waals surface area contributed by atoms with E-state index in [0.717, 1.165) is 6.07 Å². The summed E-state index contributed by atoms with van der Waals surface area (Å²) in [5.41, 5.74) is -0.391. The lowest BCUT2D eigenvalue weighted by atomic mass is 10.1. The highest BCUT2D eigenvalue weighted by molar-refractivity contribution is 5.89. The summed E-state index contributed by atoms with van der Waals surface area (Å²) in [7, 11) is 1.23. The smallest absolute Gasteiger partial charge is 0.417 e. The van der Waals surface area contributed by atoms with Crippen LogP contribution in [0.2, 0.25) is 0 Å². The SMILES string of the molecule is COC(=O)c1ccc2nc(-c3ccccc3C(F)(F)F)nn2c1. The number of carbonyl (C=O) groups excluding carboxylic acids is 1. The molecule has 0 saturated carbocycles. The number of pyridine rings is 1. The molecule has 8 heteroatoms. The van der Waals surface area contributed by atoms with Crippen molar-refractivity contribution >= 4 is 11.6 Å². The van der Waals surface area contributed by atoms with Gasteiger partial charge in [-0.3, -0.25) is 0 Å². The number of rotatable bonds is 2. The second-order valence-corrected chi connectivity index (χ2v) is 4.69. The van der Waals surface area contributed by atoms with Crippen molar-refractivity contribution in [3.8, 4) is 11.4 Å². The van der Waals surface area contributed by atoms with E-state index >= 15 is 0 Å². The van der Waals surface area contributed by atoms with Crippen LogP contribution in [0.4, 0.5) is 13.2 Å². The van der Waals surface area contributed by atoms with E-state index in [0.29, 0.717) is 5.65 Å². The zero-order chi connectivity index (χ0) is 16.6. The Kier molecular flexibility index (Phi) is 3.51. The monoisotopic (exact) mass is 321 g/mol. The van der Waals surface area contributed by atoms with Gasteiger partial charge in [-0.05, 0) is 18.2 Å². The van der Waals surface area contributed by atoms with Crippen molar-refractivity contribution in [1.82, 2.24) is 14.6 Å². The van der Waals surface area contributed by atoms with Crippen LogP contribution in [0, 0.1) is 0 Å². The highest BCUT2D eigenvalue weighted by atomic mass is 19.4. The molecule has 0 unspecified atom stereocenters. The fourth-order valence-corrected chi connectivity index (χ4v) is 2.16. The molecular weight excluding hydrogens is 311 g/mol. The molecular formula is C15H10F3N3O2. The zero-order valence-electron chi connectivity index (χ0n) is 11.8. The standard InChI is InChI=1S/C15H10F3N3O2/c1-23-14(22)9-6-7-12-19-13(20-21(12)8-9)10-4-2-3-5-11(10)15(16,17)18/h2-8H,1H3. The minimum atomic E-state index is -4.51. The molecule has 0 N–H and O–H groups in total. The summed E-state index contributed by atoms with van der Waals surface area (Å²) in [4.78, 5) is 15.6. The molecule has 5 nitrogen and oxygen atoms in total. The van der Waals surface area contributed by atoms with Gasteiger partial charge in [-0.1, -0.05) is 18.2 Å². The van der Waals surface area contributed by atoms with Gasteiger partial charge in [0, 0.05) is 11.8 Å². The average Bonchev–Trinajstić information content (AvgIpc) is 2.96. The molecule has 0 spiro atoms. The Morgan fingerprint density at radius 2 is 1.91 bits per heavy atom. The number of ether oxygens (including phenoxy) is 1. The number of fused-ring (bicyclic) bond motifs is 1. The summed E-state index contributed by atoms with van der Waals surface area (Å²) in [5.74, 6) is -0.639. The number of esters is 1. The maximum absolute atomic E-state index is 13.1. The van der Waals surface area contributed by atoms with E-state index in [4.69, 9.17) is 0 Å². The lowest BCUT2D eigenvalue weighted by molar-refractivity contribution is -0.137. The number of alkyl halides is 3. The summed E-state index contributed by atoms with van der Waals surface area (Å²) >= 11 is 0. The predicted octanol–water partition coefficient (Wildman–Crippen LogP) is 3.20. The third kappa shape index (κ3) is 2.75. The minimum absolute atomic E-state index is 0.0695. The fraction of sp³-hybridized carbons (Fsp3) is 0.133. The summed E-state index contributed by atoms with van der Waals surface area (Å²) in [5, 5.41) is 4.03. The summed E-state index contributed by atoms with van der Waals surface area (Å²) < 4.78 is 45.1. The van der Waals surface area contributed by atoms with Gasteiger partial charge in [0.2, 0.25) is 0 Å². The number of hydrogen-bond donors (Lipinski definition) is 0. The van der Waals surface area contributed by atoms with Crippen molar-refractivity contribution in [2.24, 2.45) is 0 Å². The Balaban J connectivity index is 2.14. The largest absolute Gasteiger partial charge is 0.465 e. The average molecular weight is 321 g/mol. The topological polar surface area (TPSA) is 56.5 Å². The number of methoxy groups -OCH3 is 1. The molecule has 0 amide bonds. The lowest BCUT2D eigenvalue weighted by Gasteiger charge is -2.09. The van der Waals surface area contributed by atoms with Crippen LogP contribution in [-0.4, -0.2) is 27.7 Å². The fourth-order valence-electron chi connectivity index (χ4n) is 2.16. The maximum atomic E-state index is 13.1. The predicted molar refractivity (Wildman–Crippen MR) is 74.8 cm³/mol. The van der Waals surface area contributed by atoms with Gasteiger partial charge in [-0.2, -0.15) is 13.2 Å². The molecule has 0 aliphatic rings. The quantitative estimate of drug-likeness (QED) is 0.680. The first-order valence-electron chi connectivity index (χ1n) is 6.51. The molecule has 3 aromatic rings. The maximum Gasteiger partial charge on any atom is 0.417 e. The van der Waals surface area contributed by atoms with Crippen LogP contribution in [0.15, 0.2) is 42.6 Å². The summed E-state index contributed by atoms with van der Waals surface area (Å²) in [6, 6.07) is 8.02. The van der Waals surface area contributed by atoms with E-state index in [1.165, 1.54) is 48.2 Å². The molecule has 0 saturated heterocycles. The van der Waals surface area contributed by atoms with Crippen LogP contribution < -0.4 is 0 Å². The van der Waals surface area contributed by atoms with Crippen LogP contribution in [0.3, 0.4) is 0 Å². The molecule has 118 valence electrons. The molecule has 0 aliphatic heterocycles. The molecule has 0 atom stereocenters. The van der Waals surface area contributed by atoms with Crippen molar-refractivity contribution in [2.75, 3.05) is 7.11 Å². The third-order valence-electron chi connectivity index (χ3n) is 3.23. The van der Waals surface area contributed by atoms with Crippen LogP contribution in [-0.2, 0) is 10.9 Å². The number of aromatic nitrogens is 3. The van der Waals surface area contributed by atoms with E-state index in [1.54, 1.807) is 0 Å². The molecule has 0 fully saturated rings. The van der Waals surface area contributed by atoms with Crippen LogP contribution >= 0.6 is 0 Å². The number of carbonyl (C=O) groups is 1. The molecule has 1 aromatic carbocycles. The van der Waals surface area contributed by atoms with Crippen molar-refractivity contribution in [3.63, 3.8) is 0 Å². The molecule has 23 heavy (non-hydrogen) atoms. The first-order chi connectivity index (χ1) is 10.9. The van der Waals surface area contributed by atoms with E-state index in [-0.39, 0.29) is 17.0 Å². The highest BCUT2D eigenvalue weighted by Crippen LogP contribution is 2.35. The Bertz CT molecular complexity index is 887. The zero-order valence-corrected chi connectivity index (χ0v) is 11.8. The Hall–Kier alpha value is -2.90. The normalized spacial score (nSPS) is 11.7. The van der Waals surface area contributed by atoms with Gasteiger partial charge >= 0.3 is 12.1 Å². The molecule has 2 aromatic heterocycles. The Morgan fingerprint density at radius 1 is 1.17 bits per heavy atom. The van der Waals surface area contributed by atoms with Crippen LogP contribution in [0.1, 0.15) is 15.9 Å². The van der Waals surface area contributed by atoms with Crippen molar-refractivity contribution in [1.29, 1.82) is 0 Å². The molecule has 0 bridgehead atoms. The van der Waals surface area contributed by atoms with Crippen molar-refractivity contribution in [3.05, 3.63) is 53.7 Å². The second kappa shape index (κ2) is 5.38. The molecule has 0 radical (unpaired) electrons. The van der Waals surface area contributed by atoms with Crippen molar-refractivity contribution in [2.45, 2.75) is 6.18 Å². The highest BCUT2D eigenvalue weighted by Gasteiger charge is 2.34. The number of hydrogen-bond acceptors (Lipinski definition) is 4. The molecule has 3 rings (SSSR count). The first kappa shape index (κ1) is 15.0. The van der Waals surface area contributed by atoms with E-state index in [2.05, 4.69) is 14.8 Å². The number of benzene rings is 1. The van der Waals surface area contributed by atoms with Gasteiger partial charge in [0.05, 0.1) is 18.2 Å². The minimum Gasteiger partial charge on any atom is -0.465 e. The molecule has 0 aliphatic carbocycles.